The quantitative estimate of drug-likeness (QED) is 0.538. The molecule has 0 aliphatic heterocycles. The lowest BCUT2D eigenvalue weighted by Gasteiger charge is -2.11. The highest BCUT2D eigenvalue weighted by atomic mass is 14.9. The van der Waals surface area contributed by atoms with Crippen LogP contribution >= 0.6 is 0 Å². The molecule has 0 amide bonds. The van der Waals surface area contributed by atoms with Crippen LogP contribution in [0.3, 0.4) is 0 Å². The second kappa shape index (κ2) is 5.78. The van der Waals surface area contributed by atoms with Crippen molar-refractivity contribution in [2.75, 3.05) is 5.73 Å². The first kappa shape index (κ1) is 14.4. The molecule has 0 aliphatic carbocycles. The van der Waals surface area contributed by atoms with Gasteiger partial charge in [-0.1, -0.05) is 54.6 Å². The average molecular weight is 311 g/mol. The Kier molecular flexibility index (Phi) is 3.47. The standard InChI is InChI=1S/C21H17N3/c1-14-11-12-17-19(13-14)23-21(16-9-5-6-10-18(16)22)24-20(17)15-7-3-2-4-8-15/h2-13H,22H2,1H3. The second-order valence-corrected chi connectivity index (χ2v) is 5.87. The molecule has 116 valence electrons. The highest BCUT2D eigenvalue weighted by Gasteiger charge is 2.12. The number of hydrogen-bond donors (Lipinski definition) is 1. The van der Waals surface area contributed by atoms with Crippen LogP contribution in [0.2, 0.25) is 0 Å². The highest BCUT2D eigenvalue weighted by molar-refractivity contribution is 5.94. The maximum Gasteiger partial charge on any atom is 0.162 e. The molecule has 0 saturated heterocycles. The van der Waals surface area contributed by atoms with Crippen molar-refractivity contribution in [1.82, 2.24) is 9.97 Å². The number of fused-ring (bicyclic) bond motifs is 1. The maximum atomic E-state index is 6.14. The summed E-state index contributed by atoms with van der Waals surface area (Å²) in [4.78, 5) is 9.60. The Bertz CT molecular complexity index is 1020. The van der Waals surface area contributed by atoms with Crippen molar-refractivity contribution < 1.29 is 0 Å². The zero-order valence-corrected chi connectivity index (χ0v) is 13.4. The molecule has 0 fully saturated rings. The predicted octanol–water partition coefficient (Wildman–Crippen LogP) is 4.85. The first-order valence-electron chi connectivity index (χ1n) is 7.91. The van der Waals surface area contributed by atoms with Crippen molar-refractivity contribution in [3.8, 4) is 22.6 Å². The number of aromatic nitrogens is 2. The molecule has 3 nitrogen and oxygen atoms in total. The number of aryl methyl sites for hydroxylation is 1. The third kappa shape index (κ3) is 2.50. The van der Waals surface area contributed by atoms with Gasteiger partial charge < -0.3 is 5.73 Å². The number of hydrogen-bond acceptors (Lipinski definition) is 3. The fraction of sp³-hybridized carbons (Fsp3) is 0.0476. The van der Waals surface area contributed by atoms with E-state index in [0.29, 0.717) is 11.5 Å². The first-order valence-corrected chi connectivity index (χ1v) is 7.91. The van der Waals surface area contributed by atoms with Crippen LogP contribution in [-0.4, -0.2) is 9.97 Å². The summed E-state index contributed by atoms with van der Waals surface area (Å²) in [6.07, 6.45) is 0. The van der Waals surface area contributed by atoms with E-state index >= 15 is 0 Å². The summed E-state index contributed by atoms with van der Waals surface area (Å²) in [5.74, 6) is 0.657. The van der Waals surface area contributed by atoms with E-state index in [1.165, 1.54) is 5.56 Å². The molecule has 0 saturated carbocycles. The zero-order chi connectivity index (χ0) is 16.5. The number of nitrogens with zero attached hydrogens (tertiary/aromatic N) is 2. The minimum absolute atomic E-state index is 0.657. The van der Waals surface area contributed by atoms with Crippen molar-refractivity contribution in [2.24, 2.45) is 0 Å². The SMILES string of the molecule is Cc1ccc2c(-c3ccccc3)nc(-c3ccccc3N)nc2c1. The van der Waals surface area contributed by atoms with Crippen LogP contribution in [0.4, 0.5) is 5.69 Å². The van der Waals surface area contributed by atoms with Crippen molar-refractivity contribution in [2.45, 2.75) is 6.92 Å². The lowest BCUT2D eigenvalue weighted by molar-refractivity contribution is 1.23. The fourth-order valence-corrected chi connectivity index (χ4v) is 2.88. The van der Waals surface area contributed by atoms with Gasteiger partial charge in [-0.3, -0.25) is 0 Å². The van der Waals surface area contributed by atoms with E-state index in [9.17, 15) is 0 Å². The van der Waals surface area contributed by atoms with Gasteiger partial charge in [0.1, 0.15) is 0 Å². The van der Waals surface area contributed by atoms with Gasteiger partial charge in [-0.25, -0.2) is 9.97 Å². The smallest absolute Gasteiger partial charge is 0.162 e. The number of nitrogen functional groups attached to an aromatic ring is 1. The Morgan fingerprint density at radius 3 is 2.33 bits per heavy atom. The Morgan fingerprint density at radius 1 is 0.792 bits per heavy atom. The summed E-state index contributed by atoms with van der Waals surface area (Å²) < 4.78 is 0. The lowest BCUT2D eigenvalue weighted by atomic mass is 10.0. The molecular formula is C21H17N3. The summed E-state index contributed by atoms with van der Waals surface area (Å²) in [5.41, 5.74) is 11.8. The summed E-state index contributed by atoms with van der Waals surface area (Å²) in [7, 11) is 0. The largest absolute Gasteiger partial charge is 0.398 e. The highest BCUT2D eigenvalue weighted by Crippen LogP contribution is 2.31. The van der Waals surface area contributed by atoms with Gasteiger partial charge in [-0.05, 0) is 30.7 Å². The van der Waals surface area contributed by atoms with Gasteiger partial charge in [0, 0.05) is 22.2 Å². The van der Waals surface area contributed by atoms with Gasteiger partial charge in [0.05, 0.1) is 11.2 Å². The average Bonchev–Trinajstić information content (AvgIpc) is 2.61. The van der Waals surface area contributed by atoms with Crippen LogP contribution in [-0.2, 0) is 0 Å². The third-order valence-corrected chi connectivity index (χ3v) is 4.10. The second-order valence-electron chi connectivity index (χ2n) is 5.87. The molecule has 0 aliphatic rings. The Hall–Kier alpha value is -3.20. The number of benzene rings is 3. The number of nitrogens with two attached hydrogens (primary N) is 1. The van der Waals surface area contributed by atoms with Crippen molar-refractivity contribution in [3.63, 3.8) is 0 Å². The van der Waals surface area contributed by atoms with E-state index < -0.39 is 0 Å². The fourth-order valence-electron chi connectivity index (χ4n) is 2.88. The Balaban J connectivity index is 2.05. The van der Waals surface area contributed by atoms with Gasteiger partial charge in [-0.15, -0.1) is 0 Å². The molecular weight excluding hydrogens is 294 g/mol. The number of para-hydroxylation sites is 1. The summed E-state index contributed by atoms with van der Waals surface area (Å²) in [5, 5.41) is 1.05. The van der Waals surface area contributed by atoms with Crippen LogP contribution in [0.25, 0.3) is 33.5 Å². The van der Waals surface area contributed by atoms with Gasteiger partial charge in [0.25, 0.3) is 0 Å². The maximum absolute atomic E-state index is 6.14. The van der Waals surface area contributed by atoms with E-state index in [-0.39, 0.29) is 0 Å². The molecule has 1 aromatic heterocycles. The Labute approximate surface area is 140 Å². The van der Waals surface area contributed by atoms with E-state index in [2.05, 4.69) is 37.3 Å². The lowest BCUT2D eigenvalue weighted by Crippen LogP contribution is -1.98. The molecule has 0 atom stereocenters. The zero-order valence-electron chi connectivity index (χ0n) is 13.4. The van der Waals surface area contributed by atoms with Crippen molar-refractivity contribution >= 4 is 16.6 Å². The number of anilines is 1. The van der Waals surface area contributed by atoms with Crippen LogP contribution in [0, 0.1) is 6.92 Å². The predicted molar refractivity (Wildman–Crippen MR) is 99.6 cm³/mol. The van der Waals surface area contributed by atoms with E-state index in [1.807, 2.05) is 42.5 Å². The van der Waals surface area contributed by atoms with Crippen LogP contribution < -0.4 is 5.73 Å². The Morgan fingerprint density at radius 2 is 1.54 bits per heavy atom. The summed E-state index contributed by atoms with van der Waals surface area (Å²) in [6, 6.07) is 24.2. The minimum atomic E-state index is 0.657. The molecule has 0 radical (unpaired) electrons. The topological polar surface area (TPSA) is 51.8 Å². The molecule has 0 spiro atoms. The van der Waals surface area contributed by atoms with Crippen LogP contribution in [0.15, 0.2) is 72.8 Å². The molecule has 24 heavy (non-hydrogen) atoms. The molecule has 2 N–H and O–H groups in total. The molecule has 4 aromatic rings. The van der Waals surface area contributed by atoms with Crippen LogP contribution in [0.1, 0.15) is 5.56 Å². The van der Waals surface area contributed by atoms with Crippen molar-refractivity contribution in [3.05, 3.63) is 78.4 Å². The van der Waals surface area contributed by atoms with Crippen molar-refractivity contribution in [1.29, 1.82) is 0 Å². The molecule has 0 bridgehead atoms. The molecule has 3 heteroatoms. The van der Waals surface area contributed by atoms with Crippen LogP contribution in [0.5, 0.6) is 0 Å². The van der Waals surface area contributed by atoms with Gasteiger partial charge in [-0.2, -0.15) is 0 Å². The summed E-state index contributed by atoms with van der Waals surface area (Å²) >= 11 is 0. The molecule has 0 unspecified atom stereocenters. The number of rotatable bonds is 2. The van der Waals surface area contributed by atoms with Gasteiger partial charge in [0.2, 0.25) is 0 Å². The third-order valence-electron chi connectivity index (χ3n) is 4.10. The summed E-state index contributed by atoms with van der Waals surface area (Å²) in [6.45, 7) is 2.07. The monoisotopic (exact) mass is 311 g/mol. The molecule has 1 heterocycles. The van der Waals surface area contributed by atoms with E-state index in [0.717, 1.165) is 27.7 Å². The van der Waals surface area contributed by atoms with Gasteiger partial charge in [0.15, 0.2) is 5.82 Å². The van der Waals surface area contributed by atoms with E-state index in [4.69, 9.17) is 15.7 Å². The normalized spacial score (nSPS) is 10.9. The molecule has 4 rings (SSSR count). The first-order chi connectivity index (χ1) is 11.7. The van der Waals surface area contributed by atoms with E-state index in [1.54, 1.807) is 0 Å². The minimum Gasteiger partial charge on any atom is -0.398 e. The van der Waals surface area contributed by atoms with Gasteiger partial charge >= 0.3 is 0 Å². The molecule has 3 aromatic carbocycles.